The van der Waals surface area contributed by atoms with Crippen LogP contribution in [0.15, 0.2) is 22.6 Å². The highest BCUT2D eigenvalue weighted by Gasteiger charge is 2.27. The molecule has 0 aliphatic rings. The maximum Gasteiger partial charge on any atom is 0.255 e. The standard InChI is InChI=1S/C14H20N4O3S/c1-14(2,10-22(19,20)16-11-18(3)4)9-21-13-7-5-6-12(8-15)17-13/h5-7,11H,9-10H2,1-4H3. The minimum absolute atomic E-state index is 0.144. The van der Waals surface area contributed by atoms with Crippen molar-refractivity contribution in [2.45, 2.75) is 13.8 Å². The summed E-state index contributed by atoms with van der Waals surface area (Å²) in [6, 6.07) is 6.77. The summed E-state index contributed by atoms with van der Waals surface area (Å²) < 4.78 is 32.9. The van der Waals surface area contributed by atoms with E-state index in [1.165, 1.54) is 6.34 Å². The summed E-state index contributed by atoms with van der Waals surface area (Å²) in [5, 5.41) is 8.78. The summed E-state index contributed by atoms with van der Waals surface area (Å²) in [4.78, 5) is 5.54. The van der Waals surface area contributed by atoms with Crippen LogP contribution in [0.5, 0.6) is 5.88 Å². The van der Waals surface area contributed by atoms with Gasteiger partial charge in [0.2, 0.25) is 5.88 Å². The van der Waals surface area contributed by atoms with Gasteiger partial charge in [-0.2, -0.15) is 9.66 Å². The van der Waals surface area contributed by atoms with Gasteiger partial charge in [0, 0.05) is 25.6 Å². The molecule has 0 bridgehead atoms. The van der Waals surface area contributed by atoms with Crippen molar-refractivity contribution in [3.63, 3.8) is 0 Å². The Morgan fingerprint density at radius 3 is 2.73 bits per heavy atom. The topological polar surface area (TPSA) is 95.6 Å². The molecular formula is C14H20N4O3S. The van der Waals surface area contributed by atoms with E-state index in [0.717, 1.165) is 0 Å². The van der Waals surface area contributed by atoms with Crippen molar-refractivity contribution in [1.29, 1.82) is 5.26 Å². The molecule has 120 valence electrons. The molecule has 0 spiro atoms. The van der Waals surface area contributed by atoms with Crippen LogP contribution in [0.1, 0.15) is 19.5 Å². The second-order valence-corrected chi connectivity index (χ2v) is 7.50. The van der Waals surface area contributed by atoms with Crippen molar-refractivity contribution >= 4 is 16.4 Å². The van der Waals surface area contributed by atoms with Crippen LogP contribution < -0.4 is 4.74 Å². The highest BCUT2D eigenvalue weighted by molar-refractivity contribution is 7.90. The highest BCUT2D eigenvalue weighted by Crippen LogP contribution is 2.20. The van der Waals surface area contributed by atoms with E-state index in [4.69, 9.17) is 10.00 Å². The molecule has 0 aliphatic carbocycles. The van der Waals surface area contributed by atoms with Crippen LogP contribution in [0, 0.1) is 16.7 Å². The largest absolute Gasteiger partial charge is 0.477 e. The normalized spacial score (nSPS) is 12.1. The zero-order chi connectivity index (χ0) is 16.8. The molecule has 0 radical (unpaired) electrons. The van der Waals surface area contributed by atoms with E-state index in [1.807, 2.05) is 6.07 Å². The van der Waals surface area contributed by atoms with E-state index in [0.29, 0.717) is 5.88 Å². The van der Waals surface area contributed by atoms with Crippen LogP contribution >= 0.6 is 0 Å². The fourth-order valence-electron chi connectivity index (χ4n) is 1.57. The molecule has 7 nitrogen and oxygen atoms in total. The third-order valence-electron chi connectivity index (χ3n) is 2.46. The summed E-state index contributed by atoms with van der Waals surface area (Å²) in [5.74, 6) is 0.142. The molecule has 0 amide bonds. The Bertz CT molecular complexity index is 676. The average Bonchev–Trinajstić information content (AvgIpc) is 2.42. The number of nitrogens with zero attached hydrogens (tertiary/aromatic N) is 4. The number of rotatable bonds is 7. The molecule has 8 heteroatoms. The number of sulfonamides is 1. The van der Waals surface area contributed by atoms with Gasteiger partial charge in [0.05, 0.1) is 12.4 Å². The van der Waals surface area contributed by atoms with Crippen molar-refractivity contribution in [1.82, 2.24) is 9.88 Å². The Balaban J connectivity index is 2.69. The van der Waals surface area contributed by atoms with Crippen LogP contribution in [-0.2, 0) is 10.0 Å². The first-order chi connectivity index (χ1) is 10.1. The fraction of sp³-hybridized carbons (Fsp3) is 0.500. The molecule has 0 atom stereocenters. The predicted molar refractivity (Wildman–Crippen MR) is 84.2 cm³/mol. The van der Waals surface area contributed by atoms with E-state index in [2.05, 4.69) is 9.38 Å². The molecule has 1 rings (SSSR count). The highest BCUT2D eigenvalue weighted by atomic mass is 32.2. The molecule has 0 N–H and O–H groups in total. The lowest BCUT2D eigenvalue weighted by molar-refractivity contribution is 0.193. The van der Waals surface area contributed by atoms with Crippen molar-refractivity contribution in [3.05, 3.63) is 23.9 Å². The summed E-state index contributed by atoms with van der Waals surface area (Å²) in [7, 11) is -0.185. The molecule has 22 heavy (non-hydrogen) atoms. The van der Waals surface area contributed by atoms with E-state index in [9.17, 15) is 8.42 Å². The monoisotopic (exact) mass is 324 g/mol. The van der Waals surface area contributed by atoms with Crippen LogP contribution in [-0.4, -0.2) is 51.1 Å². The van der Waals surface area contributed by atoms with Crippen LogP contribution in [0.2, 0.25) is 0 Å². The molecule has 0 aliphatic heterocycles. The van der Waals surface area contributed by atoms with Gasteiger partial charge in [-0.3, -0.25) is 0 Å². The maximum atomic E-state index is 11.9. The molecular weight excluding hydrogens is 304 g/mol. The molecule has 0 aromatic carbocycles. The van der Waals surface area contributed by atoms with Crippen LogP contribution in [0.3, 0.4) is 0 Å². The van der Waals surface area contributed by atoms with Gasteiger partial charge in [-0.1, -0.05) is 19.9 Å². The Hall–Kier alpha value is -2.14. The minimum atomic E-state index is -3.58. The number of ether oxygens (including phenoxy) is 1. The average molecular weight is 324 g/mol. The van der Waals surface area contributed by atoms with E-state index >= 15 is 0 Å². The van der Waals surface area contributed by atoms with Gasteiger partial charge in [0.25, 0.3) is 10.0 Å². The van der Waals surface area contributed by atoms with Gasteiger partial charge < -0.3 is 9.64 Å². The third kappa shape index (κ3) is 6.54. The van der Waals surface area contributed by atoms with Crippen molar-refractivity contribution < 1.29 is 13.2 Å². The molecule has 0 fully saturated rings. The maximum absolute atomic E-state index is 11.9. The van der Waals surface area contributed by atoms with Crippen molar-refractivity contribution in [3.8, 4) is 11.9 Å². The predicted octanol–water partition coefficient (Wildman–Crippen LogP) is 1.28. The van der Waals surface area contributed by atoms with Gasteiger partial charge in [-0.15, -0.1) is 0 Å². The summed E-state index contributed by atoms with van der Waals surface area (Å²) in [6.07, 6.45) is 1.25. The lowest BCUT2D eigenvalue weighted by atomic mass is 9.98. The Kier molecular flexibility index (Phi) is 5.88. The third-order valence-corrected chi connectivity index (χ3v) is 4.02. The van der Waals surface area contributed by atoms with Gasteiger partial charge in [0.15, 0.2) is 0 Å². The zero-order valence-electron chi connectivity index (χ0n) is 13.1. The first-order valence-corrected chi connectivity index (χ1v) is 8.19. The first kappa shape index (κ1) is 17.9. The van der Waals surface area contributed by atoms with Gasteiger partial charge in [-0.25, -0.2) is 13.4 Å². The van der Waals surface area contributed by atoms with Gasteiger partial charge in [0.1, 0.15) is 18.1 Å². The summed E-state index contributed by atoms with van der Waals surface area (Å²) in [6.45, 7) is 3.68. The quantitative estimate of drug-likeness (QED) is 0.554. The number of hydrogen-bond acceptors (Lipinski definition) is 5. The lowest BCUT2D eigenvalue weighted by Crippen LogP contribution is -2.30. The smallest absolute Gasteiger partial charge is 0.255 e. The van der Waals surface area contributed by atoms with Crippen LogP contribution in [0.25, 0.3) is 0 Å². The number of hydrogen-bond donors (Lipinski definition) is 0. The fourth-order valence-corrected chi connectivity index (χ4v) is 3.04. The van der Waals surface area contributed by atoms with Crippen molar-refractivity contribution in [2.24, 2.45) is 9.81 Å². The minimum Gasteiger partial charge on any atom is -0.477 e. The lowest BCUT2D eigenvalue weighted by Gasteiger charge is -2.23. The second kappa shape index (κ2) is 7.22. The number of nitriles is 1. The molecule has 1 aromatic heterocycles. The molecule has 1 aromatic rings. The summed E-state index contributed by atoms with van der Waals surface area (Å²) in [5.41, 5.74) is -0.397. The number of pyridine rings is 1. The number of aromatic nitrogens is 1. The van der Waals surface area contributed by atoms with E-state index in [1.54, 1.807) is 51.0 Å². The summed E-state index contributed by atoms with van der Waals surface area (Å²) >= 11 is 0. The molecule has 0 saturated heterocycles. The molecule has 0 unspecified atom stereocenters. The Morgan fingerprint density at radius 1 is 1.45 bits per heavy atom. The molecule has 1 heterocycles. The Morgan fingerprint density at radius 2 is 2.14 bits per heavy atom. The first-order valence-electron chi connectivity index (χ1n) is 6.58. The van der Waals surface area contributed by atoms with E-state index < -0.39 is 15.4 Å². The van der Waals surface area contributed by atoms with Crippen molar-refractivity contribution in [2.75, 3.05) is 26.5 Å². The zero-order valence-corrected chi connectivity index (χ0v) is 14.0. The van der Waals surface area contributed by atoms with Crippen LogP contribution in [0.4, 0.5) is 0 Å². The Labute approximate surface area is 131 Å². The molecule has 0 saturated carbocycles. The second-order valence-electron chi connectivity index (χ2n) is 5.84. The van der Waals surface area contributed by atoms with Gasteiger partial charge >= 0.3 is 0 Å². The van der Waals surface area contributed by atoms with E-state index in [-0.39, 0.29) is 18.1 Å². The van der Waals surface area contributed by atoms with Gasteiger partial charge in [-0.05, 0) is 6.07 Å². The SMILES string of the molecule is CN(C)C=NS(=O)(=O)CC(C)(C)COc1cccc(C#N)n1.